The molecule has 1 aromatic rings. The van der Waals surface area contributed by atoms with E-state index in [9.17, 15) is 8.42 Å². The Labute approximate surface area is 107 Å². The third-order valence-corrected chi connectivity index (χ3v) is 4.85. The molecule has 5 nitrogen and oxygen atoms in total. The van der Waals surface area contributed by atoms with E-state index in [1.807, 2.05) is 6.07 Å². The lowest BCUT2D eigenvalue weighted by Crippen LogP contribution is -2.25. The molecular formula is C12H14N2O3S. The molecule has 0 unspecified atom stereocenters. The molecule has 18 heavy (non-hydrogen) atoms. The highest BCUT2D eigenvalue weighted by atomic mass is 32.2. The molecule has 1 aliphatic rings. The minimum Gasteiger partial charge on any atom is -0.495 e. The second kappa shape index (κ2) is 4.96. The third-order valence-electron chi connectivity index (χ3n) is 2.95. The Morgan fingerprint density at radius 3 is 2.83 bits per heavy atom. The summed E-state index contributed by atoms with van der Waals surface area (Å²) in [6, 6.07) is 7.19. The van der Waals surface area contributed by atoms with Gasteiger partial charge in [-0.25, -0.2) is 8.42 Å². The van der Waals surface area contributed by atoms with Gasteiger partial charge in [-0.3, -0.25) is 0 Å². The van der Waals surface area contributed by atoms with Gasteiger partial charge in [0.15, 0.2) is 0 Å². The van der Waals surface area contributed by atoms with Crippen LogP contribution in [-0.4, -0.2) is 32.1 Å². The maximum atomic E-state index is 11.7. The first-order valence-electron chi connectivity index (χ1n) is 5.61. The number of sulfonamides is 1. The van der Waals surface area contributed by atoms with Crippen LogP contribution < -0.4 is 4.74 Å². The number of hydrogen-bond acceptors (Lipinski definition) is 4. The standard InChI is InChI=1S/C12H14N2O3S/c1-17-12-4-3-10(7-11(12)8-13)9-14-5-2-6-18(14,15)16/h3-4,7H,2,5-6,9H2,1H3. The van der Waals surface area contributed by atoms with Gasteiger partial charge in [-0.05, 0) is 24.1 Å². The van der Waals surface area contributed by atoms with Crippen LogP contribution in [-0.2, 0) is 16.6 Å². The van der Waals surface area contributed by atoms with E-state index in [1.54, 1.807) is 18.2 Å². The molecule has 0 N–H and O–H groups in total. The van der Waals surface area contributed by atoms with Gasteiger partial charge < -0.3 is 4.74 Å². The Balaban J connectivity index is 2.23. The first kappa shape index (κ1) is 12.9. The zero-order valence-corrected chi connectivity index (χ0v) is 10.9. The summed E-state index contributed by atoms with van der Waals surface area (Å²) in [4.78, 5) is 0. The summed E-state index contributed by atoms with van der Waals surface area (Å²) in [7, 11) is -1.60. The number of nitriles is 1. The quantitative estimate of drug-likeness (QED) is 0.821. The largest absolute Gasteiger partial charge is 0.495 e. The van der Waals surface area contributed by atoms with Crippen LogP contribution in [0.5, 0.6) is 5.75 Å². The summed E-state index contributed by atoms with van der Waals surface area (Å²) in [5, 5.41) is 8.98. The van der Waals surface area contributed by atoms with Crippen LogP contribution >= 0.6 is 0 Å². The molecule has 1 fully saturated rings. The van der Waals surface area contributed by atoms with E-state index in [4.69, 9.17) is 10.00 Å². The van der Waals surface area contributed by atoms with Gasteiger partial charge in [0, 0.05) is 13.1 Å². The predicted octanol–water partition coefficient (Wildman–Crippen LogP) is 1.10. The van der Waals surface area contributed by atoms with Crippen molar-refractivity contribution in [3.05, 3.63) is 29.3 Å². The molecule has 0 bridgehead atoms. The highest BCUT2D eigenvalue weighted by Crippen LogP contribution is 2.22. The number of nitrogens with zero attached hydrogens (tertiary/aromatic N) is 2. The van der Waals surface area contributed by atoms with Crippen molar-refractivity contribution >= 4 is 10.0 Å². The molecule has 0 atom stereocenters. The zero-order valence-electron chi connectivity index (χ0n) is 10.1. The van der Waals surface area contributed by atoms with E-state index in [0.29, 0.717) is 30.8 Å². The van der Waals surface area contributed by atoms with Gasteiger partial charge in [0.2, 0.25) is 10.0 Å². The van der Waals surface area contributed by atoms with Crippen molar-refractivity contribution in [1.82, 2.24) is 4.31 Å². The average molecular weight is 266 g/mol. The SMILES string of the molecule is COc1ccc(CN2CCCS2(=O)=O)cc1C#N. The zero-order chi connectivity index (χ0) is 13.2. The van der Waals surface area contributed by atoms with Crippen LogP contribution in [0.25, 0.3) is 0 Å². The predicted molar refractivity (Wildman–Crippen MR) is 66.5 cm³/mol. The fraction of sp³-hybridized carbons (Fsp3) is 0.417. The van der Waals surface area contributed by atoms with Crippen LogP contribution in [0.2, 0.25) is 0 Å². The topological polar surface area (TPSA) is 70.4 Å². The van der Waals surface area contributed by atoms with Crippen LogP contribution in [0.15, 0.2) is 18.2 Å². The Morgan fingerprint density at radius 1 is 1.50 bits per heavy atom. The fourth-order valence-electron chi connectivity index (χ4n) is 2.01. The molecule has 0 amide bonds. The van der Waals surface area contributed by atoms with Crippen molar-refractivity contribution in [2.45, 2.75) is 13.0 Å². The molecule has 0 aliphatic carbocycles. The summed E-state index contributed by atoms with van der Waals surface area (Å²) >= 11 is 0. The molecule has 96 valence electrons. The molecule has 0 spiro atoms. The highest BCUT2D eigenvalue weighted by molar-refractivity contribution is 7.89. The number of ether oxygens (including phenoxy) is 1. The first-order chi connectivity index (χ1) is 8.56. The lowest BCUT2D eigenvalue weighted by Gasteiger charge is -2.14. The Kier molecular flexibility index (Phi) is 3.55. The summed E-state index contributed by atoms with van der Waals surface area (Å²) < 4.78 is 29.9. The van der Waals surface area contributed by atoms with E-state index in [2.05, 4.69) is 0 Å². The summed E-state index contributed by atoms with van der Waals surface area (Å²) in [5.41, 5.74) is 1.23. The maximum absolute atomic E-state index is 11.7. The van der Waals surface area contributed by atoms with Crippen molar-refractivity contribution in [2.24, 2.45) is 0 Å². The molecule has 1 aromatic carbocycles. The van der Waals surface area contributed by atoms with Crippen molar-refractivity contribution in [3.8, 4) is 11.8 Å². The summed E-state index contributed by atoms with van der Waals surface area (Å²) in [6.07, 6.45) is 0.670. The van der Waals surface area contributed by atoms with Crippen LogP contribution in [0, 0.1) is 11.3 Å². The van der Waals surface area contributed by atoms with Crippen LogP contribution in [0.1, 0.15) is 17.5 Å². The highest BCUT2D eigenvalue weighted by Gasteiger charge is 2.28. The van der Waals surface area contributed by atoms with E-state index in [1.165, 1.54) is 11.4 Å². The lowest BCUT2D eigenvalue weighted by molar-refractivity contribution is 0.412. The van der Waals surface area contributed by atoms with E-state index >= 15 is 0 Å². The molecule has 2 rings (SSSR count). The monoisotopic (exact) mass is 266 g/mol. The van der Waals surface area contributed by atoms with Crippen molar-refractivity contribution in [3.63, 3.8) is 0 Å². The van der Waals surface area contributed by atoms with Gasteiger partial charge in [0.05, 0.1) is 18.4 Å². The van der Waals surface area contributed by atoms with Gasteiger partial charge in [-0.1, -0.05) is 6.07 Å². The van der Waals surface area contributed by atoms with Gasteiger partial charge in [-0.2, -0.15) is 9.57 Å². The fourth-order valence-corrected chi connectivity index (χ4v) is 3.52. The number of methoxy groups -OCH3 is 1. The van der Waals surface area contributed by atoms with Crippen LogP contribution in [0.3, 0.4) is 0 Å². The van der Waals surface area contributed by atoms with Gasteiger partial charge >= 0.3 is 0 Å². The first-order valence-corrected chi connectivity index (χ1v) is 7.22. The number of rotatable bonds is 3. The number of hydrogen-bond donors (Lipinski definition) is 0. The van der Waals surface area contributed by atoms with E-state index in [-0.39, 0.29) is 5.75 Å². The second-order valence-electron chi connectivity index (χ2n) is 4.15. The molecule has 0 radical (unpaired) electrons. The van der Waals surface area contributed by atoms with Crippen molar-refractivity contribution in [2.75, 3.05) is 19.4 Å². The van der Waals surface area contributed by atoms with Crippen LogP contribution in [0.4, 0.5) is 0 Å². The lowest BCUT2D eigenvalue weighted by atomic mass is 10.1. The maximum Gasteiger partial charge on any atom is 0.214 e. The molecule has 0 saturated carbocycles. The Hall–Kier alpha value is -1.58. The smallest absolute Gasteiger partial charge is 0.214 e. The molecule has 1 aliphatic heterocycles. The van der Waals surface area contributed by atoms with Gasteiger partial charge in [0.25, 0.3) is 0 Å². The van der Waals surface area contributed by atoms with Crippen molar-refractivity contribution < 1.29 is 13.2 Å². The minimum atomic E-state index is -3.10. The van der Waals surface area contributed by atoms with Crippen molar-refractivity contribution in [1.29, 1.82) is 5.26 Å². The van der Waals surface area contributed by atoms with Gasteiger partial charge in [-0.15, -0.1) is 0 Å². The summed E-state index contributed by atoms with van der Waals surface area (Å²) in [5.74, 6) is 0.722. The third kappa shape index (κ3) is 2.47. The number of benzene rings is 1. The van der Waals surface area contributed by atoms with Gasteiger partial charge in [0.1, 0.15) is 11.8 Å². The molecule has 6 heteroatoms. The molecule has 1 heterocycles. The Bertz CT molecular complexity index is 590. The summed E-state index contributed by atoms with van der Waals surface area (Å²) in [6.45, 7) is 0.872. The molecule has 1 saturated heterocycles. The molecular weight excluding hydrogens is 252 g/mol. The minimum absolute atomic E-state index is 0.217. The van der Waals surface area contributed by atoms with E-state index < -0.39 is 10.0 Å². The normalized spacial score (nSPS) is 18.4. The average Bonchev–Trinajstić information content (AvgIpc) is 2.68. The second-order valence-corrected chi connectivity index (χ2v) is 6.24. The Morgan fingerprint density at radius 2 is 2.28 bits per heavy atom. The van der Waals surface area contributed by atoms with E-state index in [0.717, 1.165) is 5.56 Å². The molecule has 0 aromatic heterocycles.